The lowest BCUT2D eigenvalue weighted by atomic mass is 9.96. The third kappa shape index (κ3) is 35.3. The zero-order valence-corrected chi connectivity index (χ0v) is 81.1. The van der Waals surface area contributed by atoms with Crippen molar-refractivity contribution in [2.75, 3.05) is 33.2 Å². The number of fused-ring (bicyclic) bond motifs is 4. The smallest absolute Gasteiger partial charge is 0.446 e. The number of phenolic OH excluding ortho intramolecular Hbond substituents is 2. The van der Waals surface area contributed by atoms with E-state index in [1.54, 1.807) is 0 Å². The number of hydrogen-bond donors (Lipinski definition) is 33. The molecule has 0 aliphatic carbocycles. The van der Waals surface area contributed by atoms with E-state index in [0.717, 1.165) is 70.2 Å². The maximum atomic E-state index is 14.5. The van der Waals surface area contributed by atoms with Crippen LogP contribution in [0.4, 0.5) is 0 Å². The van der Waals surface area contributed by atoms with Crippen molar-refractivity contribution in [3.8, 4) is 23.0 Å². The maximum absolute atomic E-state index is 14.5. The summed E-state index contributed by atoms with van der Waals surface area (Å²) < 4.78 is 72.7. The molecule has 6 saturated heterocycles. The minimum atomic E-state index is -5.33. The monoisotopic (exact) mass is 2110 g/mol. The molecule has 0 saturated carbocycles. The average molecular weight is 2120 g/mol. The highest BCUT2D eigenvalue weighted by molar-refractivity contribution is 7.81. The van der Waals surface area contributed by atoms with Crippen molar-refractivity contribution in [1.82, 2.24) is 67.5 Å². The summed E-state index contributed by atoms with van der Waals surface area (Å²) in [6.07, 6.45) is -26.1. The molecular formula is C85H135N17O41S2. The molecule has 6 aliphatic rings. The number of carbonyl (C=O) groups excluding carboxylic acids is 15. The van der Waals surface area contributed by atoms with Crippen molar-refractivity contribution < 1.29 is 198 Å². The number of nitrogens with zero attached hydrogens (tertiary/aromatic N) is 4. The minimum Gasteiger partial charge on any atom is -0.504 e. The lowest BCUT2D eigenvalue weighted by Crippen LogP contribution is -2.64. The molecule has 818 valence electrons. The Morgan fingerprint density at radius 3 is 1.11 bits per heavy atom. The van der Waals surface area contributed by atoms with E-state index in [4.69, 9.17) is 21.8 Å². The maximum Gasteiger partial charge on any atom is 0.446 e. The molecule has 0 spiro atoms. The Labute approximate surface area is 830 Å². The summed E-state index contributed by atoms with van der Waals surface area (Å²) in [6, 6.07) is -20.6. The largest absolute Gasteiger partial charge is 0.504 e. The van der Waals surface area contributed by atoms with Crippen molar-refractivity contribution in [3.05, 3.63) is 47.5 Å². The summed E-state index contributed by atoms with van der Waals surface area (Å²) in [7, 11) is -9.13. The van der Waals surface area contributed by atoms with Crippen LogP contribution in [0.3, 0.4) is 0 Å². The summed E-state index contributed by atoms with van der Waals surface area (Å²) in [5, 5.41) is 216. The molecule has 2 aromatic rings. The molecule has 145 heavy (non-hydrogen) atoms. The molecule has 6 heterocycles. The second kappa shape index (κ2) is 56.1. The highest BCUT2D eigenvalue weighted by Gasteiger charge is 2.53. The van der Waals surface area contributed by atoms with Gasteiger partial charge in [0.25, 0.3) is 0 Å². The normalized spacial score (nSPS) is 28.8. The van der Waals surface area contributed by atoms with Crippen LogP contribution in [-0.2, 0) is 92.7 Å². The molecular weight excluding hydrogens is 1980 g/mol. The molecule has 6 aliphatic heterocycles. The Morgan fingerprint density at radius 2 is 0.759 bits per heavy atom. The van der Waals surface area contributed by atoms with Gasteiger partial charge in [0.1, 0.15) is 103 Å². The second-order valence-corrected chi connectivity index (χ2v) is 38.0. The molecule has 0 aromatic heterocycles. The third-order valence-electron chi connectivity index (χ3n) is 24.7. The molecule has 6 fully saturated rings. The number of amides is 15. The number of phenols is 2. The summed E-state index contributed by atoms with van der Waals surface area (Å²) in [6.45, 7) is 1.94. The summed E-state index contributed by atoms with van der Waals surface area (Å²) >= 11 is 0. The lowest BCUT2D eigenvalue weighted by molar-refractivity contribution is -0.149. The predicted molar refractivity (Wildman–Crippen MR) is 491 cm³/mol. The zero-order valence-electron chi connectivity index (χ0n) is 79.4. The van der Waals surface area contributed by atoms with Gasteiger partial charge < -0.3 is 191 Å². The van der Waals surface area contributed by atoms with E-state index in [2.05, 4.69) is 47.6 Å². The number of aliphatic hydroxyl groups excluding tert-OH is 16. The van der Waals surface area contributed by atoms with E-state index >= 15 is 0 Å². The van der Waals surface area contributed by atoms with Crippen LogP contribution in [0.2, 0.25) is 0 Å². The van der Waals surface area contributed by atoms with Gasteiger partial charge in [0, 0.05) is 58.3 Å². The van der Waals surface area contributed by atoms with Gasteiger partial charge >= 0.3 is 20.8 Å². The number of nitrogens with two attached hydrogens (primary N) is 4. The van der Waals surface area contributed by atoms with E-state index in [9.17, 15) is 185 Å². The molecule has 15 amide bonds. The Hall–Kier alpha value is -11.2. The van der Waals surface area contributed by atoms with E-state index in [-0.39, 0.29) is 19.3 Å². The van der Waals surface area contributed by atoms with Gasteiger partial charge in [0.15, 0.2) is 35.5 Å². The van der Waals surface area contributed by atoms with Gasteiger partial charge in [-0.2, -0.15) is 16.8 Å². The van der Waals surface area contributed by atoms with Crippen LogP contribution < -0.4 is 79.2 Å². The first-order chi connectivity index (χ1) is 67.9. The van der Waals surface area contributed by atoms with Crippen molar-refractivity contribution in [2.24, 2.45) is 22.9 Å². The number of rotatable bonds is 33. The van der Waals surface area contributed by atoms with Crippen LogP contribution in [0, 0.1) is 0 Å². The Morgan fingerprint density at radius 1 is 0.428 bits per heavy atom. The second-order valence-electron chi connectivity index (χ2n) is 35.9. The van der Waals surface area contributed by atoms with Crippen LogP contribution >= 0.6 is 0 Å². The Balaban J connectivity index is 0.000000448. The van der Waals surface area contributed by atoms with Crippen LogP contribution in [0.15, 0.2) is 36.4 Å². The van der Waals surface area contributed by atoms with Crippen LogP contribution in [0.5, 0.6) is 23.0 Å². The van der Waals surface area contributed by atoms with Gasteiger partial charge in [0.2, 0.25) is 88.6 Å². The van der Waals surface area contributed by atoms with Gasteiger partial charge in [-0.15, -0.1) is 0 Å². The molecule has 60 heteroatoms. The van der Waals surface area contributed by atoms with Crippen molar-refractivity contribution in [3.63, 3.8) is 0 Å². The zero-order chi connectivity index (χ0) is 109. The number of unbranched alkanes of at least 4 members (excludes halogenated alkanes) is 12. The number of hydrogen-bond acceptors (Lipinski definition) is 41. The third-order valence-corrected chi connectivity index (χ3v) is 25.5. The number of aliphatic hydroxyl groups is 16. The van der Waals surface area contributed by atoms with Crippen molar-refractivity contribution in [1.29, 1.82) is 0 Å². The fourth-order valence-electron chi connectivity index (χ4n) is 17.1. The first-order valence-corrected chi connectivity index (χ1v) is 49.3. The van der Waals surface area contributed by atoms with Gasteiger partial charge in [-0.1, -0.05) is 96.1 Å². The number of benzene rings is 2. The molecule has 2 aromatic carbocycles. The predicted octanol–water partition coefficient (Wildman–Crippen LogP) is -13.8. The van der Waals surface area contributed by atoms with E-state index < -0.39 is 379 Å². The number of aromatic hydroxyl groups is 2. The summed E-state index contributed by atoms with van der Waals surface area (Å²) in [4.78, 5) is 209. The topological polar surface area (TPSA) is 973 Å². The average Bonchev–Trinajstić information content (AvgIpc) is 1.69. The van der Waals surface area contributed by atoms with Crippen LogP contribution in [0.1, 0.15) is 185 Å². The summed E-state index contributed by atoms with van der Waals surface area (Å²) in [5.41, 5.74) is 19.8. The number of nitrogens with one attached hydrogen (secondary N) is 9. The van der Waals surface area contributed by atoms with Crippen LogP contribution in [0.25, 0.3) is 0 Å². The van der Waals surface area contributed by atoms with E-state index in [1.807, 2.05) is 21.3 Å². The first-order valence-electron chi connectivity index (χ1n) is 46.6. The minimum absolute atomic E-state index is 0.112. The quantitative estimate of drug-likeness (QED) is 0.0233. The fourth-order valence-corrected chi connectivity index (χ4v) is 17.8. The Kier molecular flexibility index (Phi) is 47.4. The fraction of sp³-hybridized carbons (Fsp3) is 0.682. The van der Waals surface area contributed by atoms with Gasteiger partial charge in [-0.25, -0.2) is 0 Å². The van der Waals surface area contributed by atoms with Gasteiger partial charge in [-0.05, 0) is 75.5 Å². The van der Waals surface area contributed by atoms with Crippen molar-refractivity contribution >= 4 is 109 Å². The highest BCUT2D eigenvalue weighted by Crippen LogP contribution is 2.36. The molecule has 28 unspecified atom stereocenters. The molecule has 37 N–H and O–H groups in total. The number of carbonyl (C=O) groups is 15. The molecule has 0 radical (unpaired) electrons. The SMILES string of the molecule is CC(O)C1NC(=O)C(N)CC(O)C(O)NC(=O)C2C(O)CCN2C(=O)C(C(O)CC(N)=O)NC(=O)C(C(O)C(O)c2ccc(O)c(OS(=O)(=O)O)c2)NC(=O)C2CC(O)CN2C1=O.CCCCCCCCCCCCCCCC(=O)NC1CC(O)C(O)NC(=O)C2C(O)CCN2C(=O)C(C(O)CC(N)=O)NC(=O)C(C(O)C(O)c2ccc(O)c(OS(=O)(=O)O)c2)NC(=O)C2CC(O)CN2C(=O)C(C(C)O)NC1=O.CN. The lowest BCUT2D eigenvalue weighted by Gasteiger charge is -2.34. The van der Waals surface area contributed by atoms with E-state index in [0.29, 0.717) is 44.6 Å². The molecule has 0 bridgehead atoms. The Bertz CT molecular complexity index is 5040. The van der Waals surface area contributed by atoms with Crippen molar-refractivity contribution in [2.45, 2.75) is 332 Å². The number of primary amides is 2. The standard InChI is InChI=1S/C50H80N8O21S.C34H50N8O20S.CH5N/c1-3-4-5-6-7-8-9-10-11-12-13-14-15-16-37(66)52-29-23-34(64)46(71)56-48(73)41-32(62)19-20-57(41)50(75)39(33(63)24-36(51)65)54-47(72)40(43(68)42(67)27-17-18-31(61)35(21-27)79-80(76,77)78)55-45(70)30-22-28(60)25-58(30)49(74)38(26(2)59)53-44(29)69;1-11(43)22-33(57)42-10-13(44)7-15(42)29(53)39-24(27(51)26(50)12-2-3-16(45)20(6-12)62-63(59,60)61)31(55)38-23(18(47)9-21(36)49)34(58)41-5-4-17(46)25(41)32(56)40-30(54)19(48)8-14(35)28(52)37-22;1-2/h17-18,21,26,28-30,32-34,38-43,46,59-64,67-68,71H,3-16,19-20,22-25H2,1-2H3,(H2,51,65)(H,52,66)(H,53,69)(H,54,72)(H,55,70)(H,56,73)(H,76,77,78);2-3,6,11,13-15,17-19,22-27,30,43-48,50-51,54H,4-5,7-10,35H2,1H3,(H2,36,49)(H,37,52)(H,38,55)(H,39,53)(H,40,56)(H,59,60,61);2H2,1H3. The summed E-state index contributed by atoms with van der Waals surface area (Å²) in [5.74, 6) is -23.7. The first kappa shape index (κ1) is 122. The molecule has 28 atom stereocenters. The van der Waals surface area contributed by atoms with Gasteiger partial charge in [-0.3, -0.25) is 81.0 Å². The molecule has 8 rings (SSSR count). The molecule has 58 nitrogen and oxygen atoms in total. The van der Waals surface area contributed by atoms with Gasteiger partial charge in [0.05, 0.1) is 67.7 Å². The highest BCUT2D eigenvalue weighted by atomic mass is 32.3. The van der Waals surface area contributed by atoms with E-state index in [1.165, 1.54) is 45.6 Å². The van der Waals surface area contributed by atoms with Crippen LogP contribution in [-0.4, -0.2) is 417 Å².